The first-order valence-corrected chi connectivity index (χ1v) is 12.4. The van der Waals surface area contributed by atoms with Crippen molar-refractivity contribution < 1.29 is 19.4 Å². The Morgan fingerprint density at radius 1 is 0.971 bits per heavy atom. The number of aliphatic hydroxyl groups excluding tert-OH is 1. The molecule has 0 saturated carbocycles. The monoisotopic (exact) mass is 473 g/mol. The number of benzene rings is 3. The number of nitrogens with zero attached hydrogens (tertiary/aromatic N) is 1. The Labute approximate surface area is 208 Å². The highest BCUT2D eigenvalue weighted by Gasteiger charge is 2.19. The lowest BCUT2D eigenvalue weighted by molar-refractivity contribution is 0.112. The van der Waals surface area contributed by atoms with Crippen LogP contribution in [0.15, 0.2) is 54.6 Å². The van der Waals surface area contributed by atoms with Crippen LogP contribution in [0.5, 0.6) is 11.5 Å². The molecular formula is C30H35NO4. The van der Waals surface area contributed by atoms with Gasteiger partial charge in [0, 0.05) is 25.2 Å². The molecule has 0 unspecified atom stereocenters. The number of hydrogen-bond donors (Lipinski definition) is 1. The van der Waals surface area contributed by atoms with E-state index in [9.17, 15) is 9.90 Å². The number of aryl methyl sites for hydroxylation is 1. The van der Waals surface area contributed by atoms with Gasteiger partial charge < -0.3 is 19.5 Å². The molecule has 0 spiro atoms. The summed E-state index contributed by atoms with van der Waals surface area (Å²) in [5, 5.41) is 9.68. The number of aldehydes is 1. The van der Waals surface area contributed by atoms with E-state index in [2.05, 4.69) is 49.1 Å². The van der Waals surface area contributed by atoms with Crippen LogP contribution in [0.1, 0.15) is 45.5 Å². The molecule has 1 saturated heterocycles. The number of aliphatic hydroxyl groups is 1. The molecule has 1 aliphatic heterocycles. The highest BCUT2D eigenvalue weighted by Crippen LogP contribution is 2.33. The van der Waals surface area contributed by atoms with E-state index in [1.165, 1.54) is 11.1 Å². The molecule has 0 amide bonds. The number of carbonyl (C=O) groups is 1. The smallest absolute Gasteiger partial charge is 0.150 e. The van der Waals surface area contributed by atoms with Crippen LogP contribution in [0.2, 0.25) is 0 Å². The Kier molecular flexibility index (Phi) is 8.21. The van der Waals surface area contributed by atoms with Crippen molar-refractivity contribution in [1.82, 2.24) is 4.90 Å². The van der Waals surface area contributed by atoms with Gasteiger partial charge in [-0.1, -0.05) is 30.3 Å². The van der Waals surface area contributed by atoms with Crippen molar-refractivity contribution in [2.75, 3.05) is 26.2 Å². The maximum atomic E-state index is 11.0. The van der Waals surface area contributed by atoms with Gasteiger partial charge in [-0.15, -0.1) is 0 Å². The van der Waals surface area contributed by atoms with Crippen molar-refractivity contribution in [2.45, 2.75) is 46.3 Å². The van der Waals surface area contributed by atoms with E-state index in [0.29, 0.717) is 18.8 Å². The van der Waals surface area contributed by atoms with Crippen LogP contribution in [0.25, 0.3) is 11.1 Å². The molecular weight excluding hydrogens is 438 g/mol. The summed E-state index contributed by atoms with van der Waals surface area (Å²) in [5.41, 5.74) is 7.38. The summed E-state index contributed by atoms with van der Waals surface area (Å²) in [7, 11) is 0. The molecule has 4 rings (SSSR count). The van der Waals surface area contributed by atoms with E-state index in [1.807, 2.05) is 25.1 Å². The predicted octanol–water partition coefficient (Wildman–Crippen LogP) is 5.51. The third kappa shape index (κ3) is 6.11. The molecule has 0 radical (unpaired) electrons. The van der Waals surface area contributed by atoms with Crippen molar-refractivity contribution in [3.05, 3.63) is 82.4 Å². The maximum Gasteiger partial charge on any atom is 0.150 e. The van der Waals surface area contributed by atoms with Gasteiger partial charge in [0.15, 0.2) is 0 Å². The summed E-state index contributed by atoms with van der Waals surface area (Å²) in [6, 6.07) is 18.0. The van der Waals surface area contributed by atoms with E-state index < -0.39 is 0 Å². The molecule has 5 nitrogen and oxygen atoms in total. The molecule has 3 aromatic rings. The fourth-order valence-corrected chi connectivity index (χ4v) is 4.74. The fourth-order valence-electron chi connectivity index (χ4n) is 4.74. The summed E-state index contributed by atoms with van der Waals surface area (Å²) in [4.78, 5) is 13.3. The third-order valence-corrected chi connectivity index (χ3v) is 6.86. The number of β-amino-alcohol motifs (C(OH)–C–C–N with tert-alkyl or cyclic N) is 1. The van der Waals surface area contributed by atoms with E-state index in [1.54, 1.807) is 6.07 Å². The van der Waals surface area contributed by atoms with Crippen LogP contribution in [0.4, 0.5) is 0 Å². The number of ether oxygens (including phenoxy) is 2. The first-order valence-electron chi connectivity index (χ1n) is 12.4. The molecule has 0 bridgehead atoms. The molecule has 1 atom stereocenters. The van der Waals surface area contributed by atoms with Crippen LogP contribution in [-0.4, -0.2) is 48.6 Å². The lowest BCUT2D eigenvalue weighted by Gasteiger charge is -2.18. The minimum absolute atomic E-state index is 0.175. The van der Waals surface area contributed by atoms with E-state index in [4.69, 9.17) is 9.47 Å². The Hall–Kier alpha value is -3.15. The average molecular weight is 474 g/mol. The minimum atomic E-state index is -0.175. The molecule has 5 heteroatoms. The SMILES string of the molecule is Cc1cc(C=O)ccc1OCc1cccc(-c2cccc(OCCCN3CC[C@@H](O)C3)c2C)c1C. The van der Waals surface area contributed by atoms with Crippen molar-refractivity contribution in [3.8, 4) is 22.6 Å². The van der Waals surface area contributed by atoms with Crippen molar-refractivity contribution in [2.24, 2.45) is 0 Å². The van der Waals surface area contributed by atoms with E-state index in [-0.39, 0.29) is 6.10 Å². The van der Waals surface area contributed by atoms with Gasteiger partial charge >= 0.3 is 0 Å². The number of hydrogen-bond acceptors (Lipinski definition) is 5. The van der Waals surface area contributed by atoms with Gasteiger partial charge in [0.1, 0.15) is 24.4 Å². The van der Waals surface area contributed by atoms with Gasteiger partial charge in [0.2, 0.25) is 0 Å². The molecule has 0 aliphatic carbocycles. The summed E-state index contributed by atoms with van der Waals surface area (Å²) in [6.07, 6.45) is 2.49. The first kappa shape index (κ1) is 25.0. The van der Waals surface area contributed by atoms with Gasteiger partial charge in [-0.05, 0) is 91.3 Å². The van der Waals surface area contributed by atoms with Gasteiger partial charge in [-0.2, -0.15) is 0 Å². The number of carbonyl (C=O) groups excluding carboxylic acids is 1. The number of likely N-dealkylation sites (tertiary alicyclic amines) is 1. The Balaban J connectivity index is 1.43. The Bertz CT molecular complexity index is 1170. The second-order valence-corrected chi connectivity index (χ2v) is 9.39. The second-order valence-electron chi connectivity index (χ2n) is 9.39. The summed E-state index contributed by atoms with van der Waals surface area (Å²) < 4.78 is 12.3. The zero-order valence-electron chi connectivity index (χ0n) is 20.9. The quantitative estimate of drug-likeness (QED) is 0.311. The normalized spacial score (nSPS) is 15.8. The maximum absolute atomic E-state index is 11.0. The summed E-state index contributed by atoms with van der Waals surface area (Å²) in [5.74, 6) is 1.70. The van der Waals surface area contributed by atoms with Gasteiger partial charge in [-0.3, -0.25) is 4.79 Å². The van der Waals surface area contributed by atoms with Crippen molar-refractivity contribution in [3.63, 3.8) is 0 Å². The van der Waals surface area contributed by atoms with Crippen molar-refractivity contribution in [1.29, 1.82) is 0 Å². The number of rotatable bonds is 10. The summed E-state index contributed by atoms with van der Waals surface area (Å²) in [6.45, 7) is 10.0. The molecule has 184 valence electrons. The highest BCUT2D eigenvalue weighted by molar-refractivity contribution is 5.75. The first-order chi connectivity index (χ1) is 17.0. The third-order valence-electron chi connectivity index (χ3n) is 6.86. The van der Waals surface area contributed by atoms with E-state index in [0.717, 1.165) is 72.5 Å². The standard InChI is InChI=1S/C30H35NO4/c1-21-17-24(19-32)11-12-29(21)35-20-25-7-4-8-27(22(25)2)28-9-5-10-30(23(28)3)34-16-6-14-31-15-13-26(33)18-31/h4-5,7-12,17,19,26,33H,6,13-16,18,20H2,1-3H3/t26-/m1/s1. The topological polar surface area (TPSA) is 59.0 Å². The fraction of sp³-hybridized carbons (Fsp3) is 0.367. The lowest BCUT2D eigenvalue weighted by Crippen LogP contribution is -2.24. The molecule has 3 aromatic carbocycles. The van der Waals surface area contributed by atoms with E-state index >= 15 is 0 Å². The molecule has 35 heavy (non-hydrogen) atoms. The molecule has 1 aliphatic rings. The van der Waals surface area contributed by atoms with Gasteiger partial charge in [-0.25, -0.2) is 0 Å². The molecule has 1 heterocycles. The summed E-state index contributed by atoms with van der Waals surface area (Å²) >= 11 is 0. The average Bonchev–Trinajstić information content (AvgIpc) is 3.28. The van der Waals surface area contributed by atoms with Crippen LogP contribution in [0, 0.1) is 20.8 Å². The lowest BCUT2D eigenvalue weighted by atomic mass is 9.93. The molecule has 0 aromatic heterocycles. The second kappa shape index (κ2) is 11.5. The minimum Gasteiger partial charge on any atom is -0.493 e. The highest BCUT2D eigenvalue weighted by atomic mass is 16.5. The van der Waals surface area contributed by atoms with Crippen molar-refractivity contribution >= 4 is 6.29 Å². The molecule has 1 N–H and O–H groups in total. The predicted molar refractivity (Wildman–Crippen MR) is 139 cm³/mol. The van der Waals surface area contributed by atoms with Crippen LogP contribution < -0.4 is 9.47 Å². The Morgan fingerprint density at radius 3 is 2.46 bits per heavy atom. The zero-order chi connectivity index (χ0) is 24.8. The molecule has 1 fully saturated rings. The van der Waals surface area contributed by atoms with Crippen LogP contribution >= 0.6 is 0 Å². The Morgan fingerprint density at radius 2 is 1.74 bits per heavy atom. The zero-order valence-corrected chi connectivity index (χ0v) is 20.9. The van der Waals surface area contributed by atoms with Gasteiger partial charge in [0.05, 0.1) is 12.7 Å². The van der Waals surface area contributed by atoms with Gasteiger partial charge in [0.25, 0.3) is 0 Å². The van der Waals surface area contributed by atoms with Crippen LogP contribution in [0.3, 0.4) is 0 Å². The van der Waals surface area contributed by atoms with Crippen LogP contribution in [-0.2, 0) is 6.61 Å². The largest absolute Gasteiger partial charge is 0.493 e.